The summed E-state index contributed by atoms with van der Waals surface area (Å²) >= 11 is 4.31. The number of hydroxylamine groups is 2. The Bertz CT molecular complexity index is 200. The van der Waals surface area contributed by atoms with Gasteiger partial charge < -0.3 is 4.84 Å². The maximum atomic E-state index is 11.4. The molecular weight excluding hydrogens is 186 g/mol. The van der Waals surface area contributed by atoms with Crippen molar-refractivity contribution in [3.05, 3.63) is 0 Å². The number of hydrogen-bond donors (Lipinski definition) is 1. The van der Waals surface area contributed by atoms with Crippen LogP contribution in [0.5, 0.6) is 0 Å². The van der Waals surface area contributed by atoms with Crippen molar-refractivity contribution in [2.75, 3.05) is 13.1 Å². The number of nitrogens with zero attached hydrogens (tertiary/aromatic N) is 1. The molecule has 1 unspecified atom stereocenters. The molecule has 1 aliphatic heterocycles. The van der Waals surface area contributed by atoms with Crippen LogP contribution in [0.3, 0.4) is 0 Å². The molecule has 1 saturated heterocycles. The SMILES string of the molecule is CC(C)(C)C(=O)ON1CCC(S)C1. The summed E-state index contributed by atoms with van der Waals surface area (Å²) in [6, 6.07) is 0. The molecule has 1 atom stereocenters. The highest BCUT2D eigenvalue weighted by Crippen LogP contribution is 2.20. The summed E-state index contributed by atoms with van der Waals surface area (Å²) in [5.74, 6) is -0.171. The Morgan fingerprint density at radius 1 is 1.54 bits per heavy atom. The van der Waals surface area contributed by atoms with Crippen molar-refractivity contribution in [1.82, 2.24) is 5.06 Å². The van der Waals surface area contributed by atoms with Crippen LogP contribution in [0.25, 0.3) is 0 Å². The Morgan fingerprint density at radius 2 is 2.15 bits per heavy atom. The molecule has 0 radical (unpaired) electrons. The molecule has 1 rings (SSSR count). The van der Waals surface area contributed by atoms with Crippen molar-refractivity contribution < 1.29 is 9.63 Å². The maximum Gasteiger partial charge on any atom is 0.330 e. The lowest BCUT2D eigenvalue weighted by Crippen LogP contribution is -2.32. The number of hydrogen-bond acceptors (Lipinski definition) is 4. The Labute approximate surface area is 84.8 Å². The smallest absolute Gasteiger partial charge is 0.330 e. The van der Waals surface area contributed by atoms with Gasteiger partial charge in [-0.25, -0.2) is 4.79 Å². The first-order chi connectivity index (χ1) is 5.89. The van der Waals surface area contributed by atoms with E-state index in [-0.39, 0.29) is 5.97 Å². The minimum Gasteiger partial charge on any atom is -0.367 e. The second-order valence-corrected chi connectivity index (χ2v) is 5.19. The van der Waals surface area contributed by atoms with E-state index in [0.717, 1.165) is 19.5 Å². The summed E-state index contributed by atoms with van der Waals surface area (Å²) in [6.07, 6.45) is 0.987. The highest BCUT2D eigenvalue weighted by molar-refractivity contribution is 7.81. The van der Waals surface area contributed by atoms with Crippen molar-refractivity contribution in [3.8, 4) is 0 Å². The summed E-state index contributed by atoms with van der Waals surface area (Å²) in [5.41, 5.74) is -0.422. The van der Waals surface area contributed by atoms with Crippen LogP contribution in [0.15, 0.2) is 0 Å². The maximum absolute atomic E-state index is 11.4. The first kappa shape index (κ1) is 10.9. The van der Waals surface area contributed by atoms with Gasteiger partial charge in [0, 0.05) is 18.3 Å². The zero-order valence-electron chi connectivity index (χ0n) is 8.41. The van der Waals surface area contributed by atoms with Crippen LogP contribution in [0.2, 0.25) is 0 Å². The fourth-order valence-corrected chi connectivity index (χ4v) is 1.35. The van der Waals surface area contributed by atoms with Gasteiger partial charge in [-0.3, -0.25) is 0 Å². The lowest BCUT2D eigenvalue weighted by molar-refractivity contribution is -0.195. The Kier molecular flexibility index (Phi) is 3.24. The molecule has 0 saturated carbocycles. The molecule has 0 bridgehead atoms. The number of carbonyl (C=O) groups is 1. The van der Waals surface area contributed by atoms with Gasteiger partial charge in [-0.15, -0.1) is 5.06 Å². The van der Waals surface area contributed by atoms with Crippen molar-refractivity contribution in [3.63, 3.8) is 0 Å². The minimum atomic E-state index is -0.422. The highest BCUT2D eigenvalue weighted by Gasteiger charge is 2.29. The molecule has 76 valence electrons. The molecule has 1 fully saturated rings. The van der Waals surface area contributed by atoms with E-state index >= 15 is 0 Å². The third-order valence-electron chi connectivity index (χ3n) is 1.95. The average Bonchev–Trinajstić information content (AvgIpc) is 2.33. The third-order valence-corrected chi connectivity index (χ3v) is 2.37. The van der Waals surface area contributed by atoms with Crippen LogP contribution in [0, 0.1) is 5.41 Å². The molecule has 0 amide bonds. The standard InChI is InChI=1S/C9H17NO2S/c1-9(2,3)8(11)12-10-5-4-7(13)6-10/h7,13H,4-6H2,1-3H3. The number of thiol groups is 1. The molecule has 13 heavy (non-hydrogen) atoms. The van der Waals surface area contributed by atoms with Crippen LogP contribution in [0.4, 0.5) is 0 Å². The van der Waals surface area contributed by atoms with Crippen molar-refractivity contribution in [2.45, 2.75) is 32.4 Å². The fourth-order valence-electron chi connectivity index (χ4n) is 1.05. The van der Waals surface area contributed by atoms with Gasteiger partial charge in [-0.1, -0.05) is 0 Å². The molecule has 4 heteroatoms. The van der Waals surface area contributed by atoms with Crippen LogP contribution in [-0.4, -0.2) is 29.4 Å². The molecule has 0 spiro atoms. The van der Waals surface area contributed by atoms with Gasteiger partial charge in [0.05, 0.1) is 5.41 Å². The van der Waals surface area contributed by atoms with E-state index in [4.69, 9.17) is 4.84 Å². The van der Waals surface area contributed by atoms with E-state index in [2.05, 4.69) is 12.6 Å². The summed E-state index contributed by atoms with van der Waals surface area (Å²) in [6.45, 7) is 7.09. The molecule has 0 aliphatic carbocycles. The number of carbonyl (C=O) groups excluding carboxylic acids is 1. The predicted molar refractivity (Wildman–Crippen MR) is 54.5 cm³/mol. The number of rotatable bonds is 1. The van der Waals surface area contributed by atoms with Gasteiger partial charge in [0.2, 0.25) is 0 Å². The topological polar surface area (TPSA) is 29.5 Å². The van der Waals surface area contributed by atoms with E-state index in [0.29, 0.717) is 5.25 Å². The Morgan fingerprint density at radius 3 is 2.54 bits per heavy atom. The molecule has 0 aromatic rings. The highest BCUT2D eigenvalue weighted by atomic mass is 32.1. The molecule has 0 aromatic heterocycles. The zero-order valence-corrected chi connectivity index (χ0v) is 9.30. The molecule has 1 aliphatic rings. The average molecular weight is 203 g/mol. The molecule has 0 N–H and O–H groups in total. The van der Waals surface area contributed by atoms with Gasteiger partial charge in [-0.2, -0.15) is 12.6 Å². The van der Waals surface area contributed by atoms with E-state index in [1.54, 1.807) is 5.06 Å². The fraction of sp³-hybridized carbons (Fsp3) is 0.889. The molecular formula is C9H17NO2S. The predicted octanol–water partition coefficient (Wildman–Crippen LogP) is 1.49. The van der Waals surface area contributed by atoms with E-state index in [1.165, 1.54) is 0 Å². The van der Waals surface area contributed by atoms with E-state index in [1.807, 2.05) is 20.8 Å². The van der Waals surface area contributed by atoms with Gasteiger partial charge in [0.25, 0.3) is 0 Å². The Balaban J connectivity index is 2.37. The lowest BCUT2D eigenvalue weighted by Gasteiger charge is -2.21. The molecule has 1 heterocycles. The summed E-state index contributed by atoms with van der Waals surface area (Å²) in [5, 5.41) is 2.04. The molecule has 3 nitrogen and oxygen atoms in total. The minimum absolute atomic E-state index is 0.171. The summed E-state index contributed by atoms with van der Waals surface area (Å²) in [7, 11) is 0. The van der Waals surface area contributed by atoms with Gasteiger partial charge >= 0.3 is 5.97 Å². The van der Waals surface area contributed by atoms with E-state index < -0.39 is 5.41 Å². The normalized spacial score (nSPS) is 24.8. The zero-order chi connectivity index (χ0) is 10.1. The van der Waals surface area contributed by atoms with Crippen molar-refractivity contribution in [2.24, 2.45) is 5.41 Å². The van der Waals surface area contributed by atoms with E-state index in [9.17, 15) is 4.79 Å². The lowest BCUT2D eigenvalue weighted by atomic mass is 9.98. The first-order valence-corrected chi connectivity index (χ1v) is 5.06. The monoisotopic (exact) mass is 203 g/mol. The summed E-state index contributed by atoms with van der Waals surface area (Å²) < 4.78 is 0. The first-order valence-electron chi connectivity index (χ1n) is 4.55. The van der Waals surface area contributed by atoms with Crippen LogP contribution < -0.4 is 0 Å². The second-order valence-electron chi connectivity index (χ2n) is 4.46. The summed E-state index contributed by atoms with van der Waals surface area (Å²) in [4.78, 5) is 16.6. The Hall–Kier alpha value is -0.220. The second kappa shape index (κ2) is 3.88. The van der Waals surface area contributed by atoms with Gasteiger partial charge in [-0.05, 0) is 27.2 Å². The van der Waals surface area contributed by atoms with Gasteiger partial charge in [0.15, 0.2) is 0 Å². The quantitative estimate of drug-likeness (QED) is 0.655. The van der Waals surface area contributed by atoms with Crippen LogP contribution in [-0.2, 0) is 9.63 Å². The third kappa shape index (κ3) is 3.19. The van der Waals surface area contributed by atoms with Crippen molar-refractivity contribution in [1.29, 1.82) is 0 Å². The largest absolute Gasteiger partial charge is 0.367 e. The van der Waals surface area contributed by atoms with Crippen LogP contribution >= 0.6 is 12.6 Å². The van der Waals surface area contributed by atoms with Crippen molar-refractivity contribution >= 4 is 18.6 Å². The molecule has 0 aromatic carbocycles. The van der Waals surface area contributed by atoms with Gasteiger partial charge in [0.1, 0.15) is 0 Å². The van der Waals surface area contributed by atoms with Crippen LogP contribution in [0.1, 0.15) is 27.2 Å².